The lowest BCUT2D eigenvalue weighted by Crippen LogP contribution is -2.44. The molecule has 1 aliphatic heterocycles. The van der Waals surface area contributed by atoms with Crippen LogP contribution in [0.25, 0.3) is 0 Å². The molecule has 0 saturated carbocycles. The predicted octanol–water partition coefficient (Wildman–Crippen LogP) is 1.65. The highest BCUT2D eigenvalue weighted by Gasteiger charge is 2.29. The van der Waals surface area contributed by atoms with E-state index in [2.05, 4.69) is 12.1 Å². The van der Waals surface area contributed by atoms with Crippen LogP contribution in [0, 0.1) is 0 Å². The van der Waals surface area contributed by atoms with E-state index in [1.54, 1.807) is 0 Å². The molecule has 0 spiro atoms. The molecule has 1 aromatic rings. The Morgan fingerprint density at radius 1 is 1.23 bits per heavy atom. The van der Waals surface area contributed by atoms with Crippen molar-refractivity contribution in [2.75, 3.05) is 13.2 Å². The van der Waals surface area contributed by atoms with Crippen LogP contribution in [0.2, 0.25) is 0 Å². The molecule has 0 amide bonds. The van der Waals surface area contributed by atoms with Gasteiger partial charge in [-0.05, 0) is 18.4 Å². The maximum Gasteiger partial charge on any atom is 0.0688 e. The molecule has 0 aliphatic carbocycles. The van der Waals surface area contributed by atoms with E-state index in [0.29, 0.717) is 6.61 Å². The Hall–Kier alpha value is -0.860. The molecule has 2 heteroatoms. The van der Waals surface area contributed by atoms with Gasteiger partial charge in [-0.3, -0.25) is 0 Å². The molecule has 2 rings (SSSR count). The standard InChI is InChI=1S/C11H15NO/c12-11(7-4-8-13-9-11)10-5-2-1-3-6-10/h1-3,5-6H,4,7-9,12H2. The number of rotatable bonds is 1. The van der Waals surface area contributed by atoms with Crippen LogP contribution in [-0.2, 0) is 10.3 Å². The molecular weight excluding hydrogens is 162 g/mol. The lowest BCUT2D eigenvalue weighted by atomic mass is 9.86. The zero-order chi connectivity index (χ0) is 9.15. The molecule has 13 heavy (non-hydrogen) atoms. The van der Waals surface area contributed by atoms with Crippen LogP contribution in [0.4, 0.5) is 0 Å². The molecule has 0 radical (unpaired) electrons. The molecule has 1 saturated heterocycles. The van der Waals surface area contributed by atoms with Crippen LogP contribution in [-0.4, -0.2) is 13.2 Å². The van der Waals surface area contributed by atoms with Gasteiger partial charge < -0.3 is 10.5 Å². The molecule has 1 aromatic carbocycles. The highest BCUT2D eigenvalue weighted by Crippen LogP contribution is 2.27. The largest absolute Gasteiger partial charge is 0.379 e. The Balaban J connectivity index is 2.23. The van der Waals surface area contributed by atoms with Gasteiger partial charge in [0.15, 0.2) is 0 Å². The second-order valence-electron chi connectivity index (χ2n) is 3.68. The second-order valence-corrected chi connectivity index (χ2v) is 3.68. The first-order valence-corrected chi connectivity index (χ1v) is 4.73. The van der Waals surface area contributed by atoms with Crippen molar-refractivity contribution in [3.05, 3.63) is 35.9 Å². The van der Waals surface area contributed by atoms with Gasteiger partial charge in [0.1, 0.15) is 0 Å². The predicted molar refractivity (Wildman–Crippen MR) is 52.4 cm³/mol. The molecule has 2 N–H and O–H groups in total. The van der Waals surface area contributed by atoms with Crippen LogP contribution >= 0.6 is 0 Å². The van der Waals surface area contributed by atoms with E-state index < -0.39 is 0 Å². The van der Waals surface area contributed by atoms with Gasteiger partial charge in [-0.15, -0.1) is 0 Å². The minimum Gasteiger partial charge on any atom is -0.379 e. The van der Waals surface area contributed by atoms with E-state index in [-0.39, 0.29) is 5.54 Å². The first kappa shape index (κ1) is 8.73. The second kappa shape index (κ2) is 3.48. The first-order chi connectivity index (χ1) is 6.31. The summed E-state index contributed by atoms with van der Waals surface area (Å²) >= 11 is 0. The summed E-state index contributed by atoms with van der Waals surface area (Å²) in [4.78, 5) is 0. The summed E-state index contributed by atoms with van der Waals surface area (Å²) in [5.74, 6) is 0. The Morgan fingerprint density at radius 3 is 2.62 bits per heavy atom. The van der Waals surface area contributed by atoms with Gasteiger partial charge in [0.2, 0.25) is 0 Å². The average molecular weight is 177 g/mol. The Bertz CT molecular complexity index is 265. The molecule has 0 bridgehead atoms. The minimum atomic E-state index is -0.250. The van der Waals surface area contributed by atoms with Crippen molar-refractivity contribution in [2.45, 2.75) is 18.4 Å². The van der Waals surface area contributed by atoms with Crippen molar-refractivity contribution >= 4 is 0 Å². The van der Waals surface area contributed by atoms with Crippen LogP contribution in [0.3, 0.4) is 0 Å². The summed E-state index contributed by atoms with van der Waals surface area (Å²) in [6, 6.07) is 10.2. The van der Waals surface area contributed by atoms with E-state index >= 15 is 0 Å². The van der Waals surface area contributed by atoms with E-state index in [1.807, 2.05) is 18.2 Å². The topological polar surface area (TPSA) is 35.2 Å². The van der Waals surface area contributed by atoms with Crippen LogP contribution < -0.4 is 5.73 Å². The fourth-order valence-electron chi connectivity index (χ4n) is 1.81. The van der Waals surface area contributed by atoms with E-state index in [9.17, 15) is 0 Å². The highest BCUT2D eigenvalue weighted by molar-refractivity contribution is 5.24. The molecule has 1 aliphatic rings. The quantitative estimate of drug-likeness (QED) is 0.708. The van der Waals surface area contributed by atoms with Crippen molar-refractivity contribution in [1.29, 1.82) is 0 Å². The van der Waals surface area contributed by atoms with Gasteiger partial charge in [0.25, 0.3) is 0 Å². The Kier molecular flexibility index (Phi) is 2.34. The molecule has 70 valence electrons. The summed E-state index contributed by atoms with van der Waals surface area (Å²) in [5, 5.41) is 0. The van der Waals surface area contributed by atoms with Gasteiger partial charge in [0, 0.05) is 6.61 Å². The zero-order valence-corrected chi connectivity index (χ0v) is 7.70. The molecule has 2 nitrogen and oxygen atoms in total. The smallest absolute Gasteiger partial charge is 0.0688 e. The van der Waals surface area contributed by atoms with E-state index in [1.165, 1.54) is 5.56 Å². The number of ether oxygens (including phenoxy) is 1. The molecule has 1 unspecified atom stereocenters. The normalized spacial score (nSPS) is 28.7. The molecule has 1 atom stereocenters. The summed E-state index contributed by atoms with van der Waals surface area (Å²) in [7, 11) is 0. The van der Waals surface area contributed by atoms with Gasteiger partial charge in [-0.1, -0.05) is 30.3 Å². The van der Waals surface area contributed by atoms with Crippen molar-refractivity contribution in [1.82, 2.24) is 0 Å². The SMILES string of the molecule is NC1(c2ccccc2)CCCOC1. The van der Waals surface area contributed by atoms with Gasteiger partial charge >= 0.3 is 0 Å². The van der Waals surface area contributed by atoms with Crippen molar-refractivity contribution in [2.24, 2.45) is 5.73 Å². The summed E-state index contributed by atoms with van der Waals surface area (Å²) in [6.07, 6.45) is 2.09. The fourth-order valence-corrected chi connectivity index (χ4v) is 1.81. The average Bonchev–Trinajstić information content (AvgIpc) is 2.20. The van der Waals surface area contributed by atoms with Gasteiger partial charge in [0.05, 0.1) is 12.1 Å². The molecule has 0 aromatic heterocycles. The van der Waals surface area contributed by atoms with Crippen molar-refractivity contribution in [3.63, 3.8) is 0 Å². The maximum absolute atomic E-state index is 6.26. The Labute approximate surface area is 78.7 Å². The lowest BCUT2D eigenvalue weighted by Gasteiger charge is -2.33. The van der Waals surface area contributed by atoms with Crippen molar-refractivity contribution < 1.29 is 4.74 Å². The molecule has 1 fully saturated rings. The number of benzene rings is 1. The van der Waals surface area contributed by atoms with Crippen LogP contribution in [0.5, 0.6) is 0 Å². The molecular formula is C11H15NO. The summed E-state index contributed by atoms with van der Waals surface area (Å²) < 4.78 is 5.41. The zero-order valence-electron chi connectivity index (χ0n) is 7.70. The third-order valence-corrected chi connectivity index (χ3v) is 2.62. The third kappa shape index (κ3) is 1.74. The summed E-state index contributed by atoms with van der Waals surface area (Å²) in [6.45, 7) is 1.50. The van der Waals surface area contributed by atoms with E-state index in [0.717, 1.165) is 19.4 Å². The fraction of sp³-hybridized carbons (Fsp3) is 0.455. The molecule has 1 heterocycles. The number of hydrogen-bond acceptors (Lipinski definition) is 2. The number of hydrogen-bond donors (Lipinski definition) is 1. The minimum absolute atomic E-state index is 0.250. The Morgan fingerprint density at radius 2 is 2.00 bits per heavy atom. The first-order valence-electron chi connectivity index (χ1n) is 4.73. The van der Waals surface area contributed by atoms with Crippen LogP contribution in [0.15, 0.2) is 30.3 Å². The van der Waals surface area contributed by atoms with Crippen molar-refractivity contribution in [3.8, 4) is 0 Å². The van der Waals surface area contributed by atoms with Gasteiger partial charge in [-0.2, -0.15) is 0 Å². The monoisotopic (exact) mass is 177 g/mol. The van der Waals surface area contributed by atoms with Crippen LogP contribution in [0.1, 0.15) is 18.4 Å². The van der Waals surface area contributed by atoms with Gasteiger partial charge in [-0.25, -0.2) is 0 Å². The lowest BCUT2D eigenvalue weighted by molar-refractivity contribution is 0.0367. The third-order valence-electron chi connectivity index (χ3n) is 2.62. The number of nitrogens with two attached hydrogens (primary N) is 1. The maximum atomic E-state index is 6.26. The van der Waals surface area contributed by atoms with E-state index in [4.69, 9.17) is 10.5 Å². The highest BCUT2D eigenvalue weighted by atomic mass is 16.5. The summed E-state index contributed by atoms with van der Waals surface area (Å²) in [5.41, 5.74) is 7.19.